The van der Waals surface area contributed by atoms with E-state index >= 15 is 0 Å². The van der Waals surface area contributed by atoms with E-state index in [0.29, 0.717) is 13.1 Å². The Morgan fingerprint density at radius 2 is 2.00 bits per heavy atom. The minimum absolute atomic E-state index is 0.0193. The van der Waals surface area contributed by atoms with E-state index < -0.39 is 0 Å². The molecule has 1 saturated heterocycles. The van der Waals surface area contributed by atoms with E-state index in [1.165, 1.54) is 0 Å². The highest BCUT2D eigenvalue weighted by Crippen LogP contribution is 2.43. The zero-order chi connectivity index (χ0) is 13.3. The molecule has 0 radical (unpaired) electrons. The first-order chi connectivity index (χ1) is 8.63. The lowest BCUT2D eigenvalue weighted by Crippen LogP contribution is -2.53. The fraction of sp³-hybridized carbons (Fsp3) is 0.769. The van der Waals surface area contributed by atoms with Gasteiger partial charge in [-0.3, -0.25) is 4.79 Å². The highest BCUT2D eigenvalue weighted by molar-refractivity contribution is 5.91. The topological polar surface area (TPSA) is 53.0 Å². The first-order valence-corrected chi connectivity index (χ1v) is 6.71. The predicted molar refractivity (Wildman–Crippen MR) is 69.6 cm³/mol. The number of hydrogen-bond donors (Lipinski definition) is 0. The van der Waals surface area contributed by atoms with E-state index in [4.69, 9.17) is 0 Å². The summed E-state index contributed by atoms with van der Waals surface area (Å²) in [5, 5.41) is 0. The largest absolute Gasteiger partial charge is 0.325 e. The molecule has 3 unspecified atom stereocenters. The van der Waals surface area contributed by atoms with Gasteiger partial charge in [-0.15, -0.1) is 0 Å². The van der Waals surface area contributed by atoms with Crippen LogP contribution in [0.1, 0.15) is 33.1 Å². The molecule has 18 heavy (non-hydrogen) atoms. The average Bonchev–Trinajstić information content (AvgIpc) is 2.99. The van der Waals surface area contributed by atoms with Crippen LogP contribution in [0.5, 0.6) is 0 Å². The van der Waals surface area contributed by atoms with Gasteiger partial charge in [-0.2, -0.15) is 0 Å². The van der Waals surface area contributed by atoms with E-state index in [2.05, 4.69) is 11.7 Å². The summed E-state index contributed by atoms with van der Waals surface area (Å²) in [7, 11) is 0. The van der Waals surface area contributed by atoms with Crippen LogP contribution in [-0.2, 0) is 4.79 Å². The summed E-state index contributed by atoms with van der Waals surface area (Å²) >= 11 is 0. The van der Waals surface area contributed by atoms with Crippen molar-refractivity contribution in [3.8, 4) is 0 Å². The van der Waals surface area contributed by atoms with Crippen LogP contribution in [0.15, 0.2) is 4.99 Å². The molecular formula is C13H21N3O2. The van der Waals surface area contributed by atoms with Gasteiger partial charge in [0.25, 0.3) is 5.91 Å². The van der Waals surface area contributed by atoms with Crippen molar-refractivity contribution in [2.45, 2.75) is 45.2 Å². The molecule has 0 aromatic heterocycles. The fourth-order valence-electron chi connectivity index (χ4n) is 3.33. The summed E-state index contributed by atoms with van der Waals surface area (Å²) in [5.41, 5.74) is 0. The number of hydrogen-bond acceptors (Lipinski definition) is 2. The van der Waals surface area contributed by atoms with Gasteiger partial charge in [0.1, 0.15) is 6.04 Å². The fourth-order valence-corrected chi connectivity index (χ4v) is 3.33. The van der Waals surface area contributed by atoms with Gasteiger partial charge in [-0.1, -0.05) is 0 Å². The van der Waals surface area contributed by atoms with Crippen LogP contribution >= 0.6 is 0 Å². The maximum Gasteiger partial charge on any atom is 0.320 e. The summed E-state index contributed by atoms with van der Waals surface area (Å²) < 4.78 is 0. The molecule has 1 saturated carbocycles. The molecule has 2 rings (SSSR count). The number of nitrogens with zero attached hydrogens (tertiary/aromatic N) is 3. The number of piperidine rings is 1. The Kier molecular flexibility index (Phi) is 3.68. The Labute approximate surface area is 108 Å². The van der Waals surface area contributed by atoms with E-state index in [1.54, 1.807) is 9.80 Å². The third-order valence-corrected chi connectivity index (χ3v) is 4.25. The lowest BCUT2D eigenvalue weighted by molar-refractivity contribution is -0.123. The van der Waals surface area contributed by atoms with Gasteiger partial charge in [0.05, 0.1) is 0 Å². The minimum Gasteiger partial charge on any atom is -0.325 e. The van der Waals surface area contributed by atoms with Gasteiger partial charge in [0, 0.05) is 19.1 Å². The maximum absolute atomic E-state index is 12.5. The Bertz CT molecular complexity index is 365. The molecular weight excluding hydrogens is 230 g/mol. The van der Waals surface area contributed by atoms with E-state index in [1.807, 2.05) is 13.8 Å². The highest BCUT2D eigenvalue weighted by Gasteiger charge is 2.51. The third kappa shape index (κ3) is 1.91. The van der Waals surface area contributed by atoms with Crippen molar-refractivity contribution in [2.75, 3.05) is 13.1 Å². The van der Waals surface area contributed by atoms with Crippen LogP contribution < -0.4 is 0 Å². The van der Waals surface area contributed by atoms with Crippen LogP contribution in [0.3, 0.4) is 0 Å². The van der Waals surface area contributed by atoms with Gasteiger partial charge < -0.3 is 9.80 Å². The average molecular weight is 251 g/mol. The Morgan fingerprint density at radius 1 is 1.33 bits per heavy atom. The number of carbonyl (C=O) groups is 2. The molecule has 1 aliphatic heterocycles. The van der Waals surface area contributed by atoms with Gasteiger partial charge in [0.2, 0.25) is 0 Å². The van der Waals surface area contributed by atoms with E-state index in [-0.39, 0.29) is 29.9 Å². The summed E-state index contributed by atoms with van der Waals surface area (Å²) in [4.78, 5) is 31.4. The van der Waals surface area contributed by atoms with Crippen LogP contribution in [0.25, 0.3) is 0 Å². The van der Waals surface area contributed by atoms with E-state index in [9.17, 15) is 9.59 Å². The summed E-state index contributed by atoms with van der Waals surface area (Å²) in [6.07, 6.45) is 2.98. The summed E-state index contributed by atoms with van der Waals surface area (Å²) in [5.74, 6) is 0.0372. The second-order valence-electron chi connectivity index (χ2n) is 5.03. The highest BCUT2D eigenvalue weighted by atomic mass is 16.2. The minimum atomic E-state index is -0.366. The maximum atomic E-state index is 12.5. The number of rotatable bonds is 3. The molecule has 3 atom stereocenters. The van der Waals surface area contributed by atoms with Crippen LogP contribution in [0.4, 0.5) is 4.79 Å². The van der Waals surface area contributed by atoms with E-state index in [0.717, 1.165) is 19.3 Å². The van der Waals surface area contributed by atoms with Gasteiger partial charge >= 0.3 is 6.03 Å². The summed E-state index contributed by atoms with van der Waals surface area (Å²) in [6.45, 7) is 8.57. The van der Waals surface area contributed by atoms with Crippen LogP contribution in [0.2, 0.25) is 0 Å². The van der Waals surface area contributed by atoms with Crippen molar-refractivity contribution in [2.24, 2.45) is 10.9 Å². The number of urea groups is 1. The van der Waals surface area contributed by atoms with Crippen molar-refractivity contribution in [1.82, 2.24) is 9.80 Å². The third-order valence-electron chi connectivity index (χ3n) is 4.25. The summed E-state index contributed by atoms with van der Waals surface area (Å²) in [6, 6.07) is -0.164. The molecule has 1 aliphatic carbocycles. The normalized spacial score (nSPS) is 29.4. The zero-order valence-electron chi connectivity index (χ0n) is 11.1. The first-order valence-electron chi connectivity index (χ1n) is 6.71. The smallest absolute Gasteiger partial charge is 0.320 e. The SMILES string of the molecule is C=NC(=O)C1C2CCC(C2)N1C(=O)N(CC)CC. The zero-order valence-corrected chi connectivity index (χ0v) is 11.1. The molecule has 2 fully saturated rings. The first kappa shape index (κ1) is 13.1. The number of amides is 3. The second-order valence-corrected chi connectivity index (χ2v) is 5.03. The Balaban J connectivity index is 2.21. The number of fused-ring (bicyclic) bond motifs is 2. The van der Waals surface area contributed by atoms with Gasteiger partial charge in [0.15, 0.2) is 0 Å². The Hall–Kier alpha value is -1.39. The van der Waals surface area contributed by atoms with Crippen molar-refractivity contribution in [3.63, 3.8) is 0 Å². The quantitative estimate of drug-likeness (QED) is 0.714. The molecule has 0 spiro atoms. The molecule has 3 amide bonds. The molecule has 2 bridgehead atoms. The molecule has 5 nitrogen and oxygen atoms in total. The molecule has 2 aliphatic rings. The van der Waals surface area contributed by atoms with Gasteiger partial charge in [-0.25, -0.2) is 9.79 Å². The Morgan fingerprint density at radius 3 is 2.56 bits per heavy atom. The molecule has 0 aromatic carbocycles. The molecule has 0 aromatic rings. The number of aliphatic imine (C=N–C) groups is 1. The molecule has 100 valence electrons. The van der Waals surface area contributed by atoms with Crippen molar-refractivity contribution >= 4 is 18.7 Å². The van der Waals surface area contributed by atoms with Crippen molar-refractivity contribution in [1.29, 1.82) is 0 Å². The van der Waals surface area contributed by atoms with Crippen molar-refractivity contribution < 1.29 is 9.59 Å². The van der Waals surface area contributed by atoms with Gasteiger partial charge in [-0.05, 0) is 45.7 Å². The molecule has 5 heteroatoms. The molecule has 1 heterocycles. The lowest BCUT2D eigenvalue weighted by Gasteiger charge is -2.36. The number of carbonyl (C=O) groups excluding carboxylic acids is 2. The number of likely N-dealkylation sites (tertiary alicyclic amines) is 1. The van der Waals surface area contributed by atoms with Crippen LogP contribution in [-0.4, -0.2) is 53.6 Å². The predicted octanol–water partition coefficient (Wildman–Crippen LogP) is 1.53. The van der Waals surface area contributed by atoms with Crippen LogP contribution in [0, 0.1) is 5.92 Å². The monoisotopic (exact) mass is 251 g/mol. The van der Waals surface area contributed by atoms with Crippen molar-refractivity contribution in [3.05, 3.63) is 0 Å². The molecule has 0 N–H and O–H groups in total. The lowest BCUT2D eigenvalue weighted by atomic mass is 9.98. The second kappa shape index (κ2) is 5.08. The standard InChI is InChI=1S/C13H21N3O2/c1-4-15(5-2)13(18)16-10-7-6-9(8-10)11(16)12(17)14-3/h9-11H,3-8H2,1-2H3.